The van der Waals surface area contributed by atoms with Gasteiger partial charge in [-0.25, -0.2) is 9.78 Å². The van der Waals surface area contributed by atoms with Gasteiger partial charge in [-0.15, -0.1) is 0 Å². The number of fused-ring (bicyclic) bond motifs is 1. The number of hydrogen-bond donors (Lipinski definition) is 2. The van der Waals surface area contributed by atoms with E-state index in [0.717, 1.165) is 18.4 Å². The minimum Gasteiger partial charge on any atom is -0.310 e. The van der Waals surface area contributed by atoms with Crippen LogP contribution in [0.25, 0.3) is 11.0 Å². The predicted octanol–water partition coefficient (Wildman–Crippen LogP) is 1.38. The van der Waals surface area contributed by atoms with E-state index in [4.69, 9.17) is 0 Å². The molecule has 2 heterocycles. The fraction of sp³-hybridized carbons (Fsp3) is 0.533. The van der Waals surface area contributed by atoms with Crippen molar-refractivity contribution in [2.75, 3.05) is 0 Å². The molecule has 2 rings (SSSR count). The lowest BCUT2D eigenvalue weighted by Gasteiger charge is -2.10. The van der Waals surface area contributed by atoms with Crippen LogP contribution in [-0.4, -0.2) is 20.6 Å². The molecule has 0 spiro atoms. The van der Waals surface area contributed by atoms with Gasteiger partial charge < -0.3 is 5.32 Å². The van der Waals surface area contributed by atoms with Gasteiger partial charge in [0.05, 0.1) is 5.39 Å². The van der Waals surface area contributed by atoms with Gasteiger partial charge in [0, 0.05) is 25.3 Å². The van der Waals surface area contributed by atoms with E-state index >= 15 is 0 Å². The van der Waals surface area contributed by atoms with Gasteiger partial charge >= 0.3 is 5.69 Å². The molecule has 6 nitrogen and oxygen atoms in total. The standard InChI is InChI=1S/C15H22N4O2/c1-4-5-6-19-13-12(14(20)18-15(19)21)7-11(9-17-13)8-16-10(2)3/h7,9-10,16H,4-6,8H2,1-3H3,(H,18,20,21). The first-order valence-electron chi connectivity index (χ1n) is 7.38. The summed E-state index contributed by atoms with van der Waals surface area (Å²) in [6, 6.07) is 2.16. The van der Waals surface area contributed by atoms with Crippen LogP contribution in [0.15, 0.2) is 21.9 Å². The highest BCUT2D eigenvalue weighted by Gasteiger charge is 2.09. The molecule has 0 atom stereocenters. The molecular formula is C15H22N4O2. The van der Waals surface area contributed by atoms with Crippen molar-refractivity contribution >= 4 is 11.0 Å². The molecule has 0 unspecified atom stereocenters. The molecule has 0 aliphatic heterocycles. The third kappa shape index (κ3) is 3.58. The first-order valence-corrected chi connectivity index (χ1v) is 7.38. The van der Waals surface area contributed by atoms with E-state index in [9.17, 15) is 9.59 Å². The lowest BCUT2D eigenvalue weighted by atomic mass is 10.2. The van der Waals surface area contributed by atoms with E-state index in [-0.39, 0.29) is 11.2 Å². The van der Waals surface area contributed by atoms with E-state index in [2.05, 4.69) is 36.1 Å². The van der Waals surface area contributed by atoms with Crippen molar-refractivity contribution in [3.8, 4) is 0 Å². The summed E-state index contributed by atoms with van der Waals surface area (Å²) in [7, 11) is 0. The number of aromatic amines is 1. The smallest absolute Gasteiger partial charge is 0.310 e. The van der Waals surface area contributed by atoms with Gasteiger partial charge in [-0.1, -0.05) is 27.2 Å². The van der Waals surface area contributed by atoms with Crippen LogP contribution in [0.5, 0.6) is 0 Å². The molecule has 0 radical (unpaired) electrons. The maximum atomic E-state index is 12.0. The normalized spacial score (nSPS) is 11.4. The average molecular weight is 290 g/mol. The molecule has 2 aromatic heterocycles. The average Bonchev–Trinajstić information content (AvgIpc) is 2.45. The van der Waals surface area contributed by atoms with Gasteiger partial charge in [0.25, 0.3) is 5.56 Å². The number of rotatable bonds is 6. The molecule has 6 heteroatoms. The second-order valence-corrected chi connectivity index (χ2v) is 5.51. The lowest BCUT2D eigenvalue weighted by Crippen LogP contribution is -2.31. The van der Waals surface area contributed by atoms with Crippen molar-refractivity contribution in [1.82, 2.24) is 19.9 Å². The molecule has 0 saturated carbocycles. The van der Waals surface area contributed by atoms with Crippen molar-refractivity contribution in [2.45, 2.75) is 52.7 Å². The minimum absolute atomic E-state index is 0.359. The van der Waals surface area contributed by atoms with Crippen LogP contribution >= 0.6 is 0 Å². The Morgan fingerprint density at radius 2 is 2.14 bits per heavy atom. The Bertz CT molecular complexity index is 731. The highest BCUT2D eigenvalue weighted by Crippen LogP contribution is 2.08. The molecule has 2 N–H and O–H groups in total. The van der Waals surface area contributed by atoms with Crippen molar-refractivity contribution in [3.05, 3.63) is 38.7 Å². The Morgan fingerprint density at radius 3 is 2.81 bits per heavy atom. The topological polar surface area (TPSA) is 79.8 Å². The molecule has 0 bridgehead atoms. The third-order valence-corrected chi connectivity index (χ3v) is 3.34. The zero-order chi connectivity index (χ0) is 15.4. The third-order valence-electron chi connectivity index (χ3n) is 3.34. The Balaban J connectivity index is 2.47. The summed E-state index contributed by atoms with van der Waals surface area (Å²) in [6.07, 6.45) is 3.57. The molecule has 0 aliphatic carbocycles. The van der Waals surface area contributed by atoms with Crippen LogP contribution in [0, 0.1) is 0 Å². The van der Waals surface area contributed by atoms with Gasteiger partial charge in [0.1, 0.15) is 5.65 Å². The molecule has 0 aliphatic rings. The van der Waals surface area contributed by atoms with Crippen LogP contribution in [-0.2, 0) is 13.1 Å². The van der Waals surface area contributed by atoms with E-state index < -0.39 is 0 Å². The van der Waals surface area contributed by atoms with Gasteiger partial charge in [0.2, 0.25) is 0 Å². The zero-order valence-corrected chi connectivity index (χ0v) is 12.8. The Labute approximate surface area is 123 Å². The first-order chi connectivity index (χ1) is 10.0. The summed E-state index contributed by atoms with van der Waals surface area (Å²) in [5.74, 6) is 0. The van der Waals surface area contributed by atoms with Crippen LogP contribution < -0.4 is 16.6 Å². The summed E-state index contributed by atoms with van der Waals surface area (Å²) in [4.78, 5) is 30.6. The van der Waals surface area contributed by atoms with E-state index in [1.807, 2.05) is 0 Å². The summed E-state index contributed by atoms with van der Waals surface area (Å²) in [5.41, 5.74) is 0.635. The first kappa shape index (κ1) is 15.4. The number of aryl methyl sites for hydroxylation is 1. The molecular weight excluding hydrogens is 268 g/mol. The van der Waals surface area contributed by atoms with Crippen LogP contribution in [0.3, 0.4) is 0 Å². The number of nitrogens with one attached hydrogen (secondary N) is 2. The van der Waals surface area contributed by atoms with Crippen molar-refractivity contribution in [2.24, 2.45) is 0 Å². The maximum Gasteiger partial charge on any atom is 0.329 e. The van der Waals surface area contributed by atoms with Gasteiger partial charge in [-0.05, 0) is 18.1 Å². The minimum atomic E-state index is -0.387. The van der Waals surface area contributed by atoms with E-state index in [0.29, 0.717) is 30.2 Å². The van der Waals surface area contributed by atoms with Gasteiger partial charge in [-0.2, -0.15) is 0 Å². The van der Waals surface area contributed by atoms with Crippen molar-refractivity contribution in [1.29, 1.82) is 0 Å². The maximum absolute atomic E-state index is 12.0. The van der Waals surface area contributed by atoms with Crippen LogP contribution in [0.2, 0.25) is 0 Å². The second kappa shape index (κ2) is 6.67. The highest BCUT2D eigenvalue weighted by atomic mass is 16.2. The van der Waals surface area contributed by atoms with Crippen molar-refractivity contribution in [3.63, 3.8) is 0 Å². The Hall–Kier alpha value is -1.95. The lowest BCUT2D eigenvalue weighted by molar-refractivity contribution is 0.587. The Morgan fingerprint density at radius 1 is 1.38 bits per heavy atom. The fourth-order valence-corrected chi connectivity index (χ4v) is 2.15. The molecule has 0 saturated heterocycles. The molecule has 2 aromatic rings. The van der Waals surface area contributed by atoms with Gasteiger partial charge in [-0.3, -0.25) is 14.3 Å². The number of H-pyrrole nitrogens is 1. The van der Waals surface area contributed by atoms with Crippen LogP contribution in [0.4, 0.5) is 0 Å². The molecule has 0 fully saturated rings. The molecule has 0 amide bonds. The van der Waals surface area contributed by atoms with Gasteiger partial charge in [0.15, 0.2) is 0 Å². The Kier molecular flexibility index (Phi) is 4.90. The molecule has 21 heavy (non-hydrogen) atoms. The second-order valence-electron chi connectivity index (χ2n) is 5.51. The number of aromatic nitrogens is 3. The summed E-state index contributed by atoms with van der Waals surface area (Å²) in [5, 5.41) is 3.75. The van der Waals surface area contributed by atoms with Crippen LogP contribution in [0.1, 0.15) is 39.2 Å². The monoisotopic (exact) mass is 290 g/mol. The number of nitrogens with zero attached hydrogens (tertiary/aromatic N) is 2. The SMILES string of the molecule is CCCCn1c(=O)[nH]c(=O)c2cc(CNC(C)C)cnc21. The molecule has 114 valence electrons. The molecule has 0 aromatic carbocycles. The van der Waals surface area contributed by atoms with Crippen molar-refractivity contribution < 1.29 is 0 Å². The van der Waals surface area contributed by atoms with E-state index in [1.165, 1.54) is 0 Å². The highest BCUT2D eigenvalue weighted by molar-refractivity contribution is 5.74. The summed E-state index contributed by atoms with van der Waals surface area (Å²) in [6.45, 7) is 7.39. The number of hydrogen-bond acceptors (Lipinski definition) is 4. The quantitative estimate of drug-likeness (QED) is 0.842. The summed E-state index contributed by atoms with van der Waals surface area (Å²) >= 11 is 0. The number of unbranched alkanes of at least 4 members (excludes halogenated alkanes) is 1. The fourth-order valence-electron chi connectivity index (χ4n) is 2.15. The summed E-state index contributed by atoms with van der Waals surface area (Å²) < 4.78 is 1.54. The predicted molar refractivity (Wildman–Crippen MR) is 83.5 cm³/mol. The van der Waals surface area contributed by atoms with E-state index in [1.54, 1.807) is 16.8 Å². The number of pyridine rings is 1. The largest absolute Gasteiger partial charge is 0.329 e. The zero-order valence-electron chi connectivity index (χ0n) is 12.8.